The Labute approximate surface area is 127 Å². The number of hydrogen-bond acceptors (Lipinski definition) is 4. The van der Waals surface area contributed by atoms with E-state index in [1.165, 1.54) is 12.1 Å². The van der Waals surface area contributed by atoms with Gasteiger partial charge in [-0.2, -0.15) is 0 Å². The Balaban J connectivity index is 1.82. The molecule has 3 aromatic rings. The van der Waals surface area contributed by atoms with Gasteiger partial charge in [-0.1, -0.05) is 12.1 Å². The molecule has 1 N–H and O–H groups in total. The van der Waals surface area contributed by atoms with Gasteiger partial charge in [-0.3, -0.25) is 0 Å². The molecule has 0 saturated carbocycles. The second kappa shape index (κ2) is 5.89. The standard InChI is InChI=1S/C17H15NO4/c1-2-21-13-6-3-11(4-7-13)9-16-18-14-8-5-12(17(19)20)10-15(14)22-16/h3-8,10H,2,9H2,1H3,(H,19,20). The van der Waals surface area contributed by atoms with Gasteiger partial charge in [0, 0.05) is 6.42 Å². The first-order valence-electron chi connectivity index (χ1n) is 7.00. The summed E-state index contributed by atoms with van der Waals surface area (Å²) in [6.07, 6.45) is 0.545. The number of oxazole rings is 1. The third-order valence-electron chi connectivity index (χ3n) is 3.27. The van der Waals surface area contributed by atoms with Crippen molar-refractivity contribution in [2.75, 3.05) is 6.61 Å². The SMILES string of the molecule is CCOc1ccc(Cc2nc3ccc(C(=O)O)cc3o2)cc1. The summed E-state index contributed by atoms with van der Waals surface area (Å²) in [6.45, 7) is 2.58. The molecule has 0 fully saturated rings. The largest absolute Gasteiger partial charge is 0.494 e. The van der Waals surface area contributed by atoms with Crippen molar-refractivity contribution in [1.29, 1.82) is 0 Å². The number of ether oxygens (including phenoxy) is 1. The molecule has 5 heteroatoms. The molecular formula is C17H15NO4. The molecule has 0 aliphatic heterocycles. The molecule has 0 aliphatic rings. The maximum atomic E-state index is 11.0. The molecule has 0 bridgehead atoms. The van der Waals surface area contributed by atoms with E-state index in [0.29, 0.717) is 30.0 Å². The van der Waals surface area contributed by atoms with E-state index in [-0.39, 0.29) is 5.56 Å². The monoisotopic (exact) mass is 297 g/mol. The van der Waals surface area contributed by atoms with Crippen molar-refractivity contribution in [3.8, 4) is 5.75 Å². The molecule has 0 aliphatic carbocycles. The van der Waals surface area contributed by atoms with E-state index in [1.54, 1.807) is 6.07 Å². The van der Waals surface area contributed by atoms with E-state index >= 15 is 0 Å². The summed E-state index contributed by atoms with van der Waals surface area (Å²) in [5, 5.41) is 8.98. The van der Waals surface area contributed by atoms with Crippen LogP contribution in [0.4, 0.5) is 0 Å². The number of carboxylic acid groups (broad SMARTS) is 1. The fourth-order valence-corrected chi connectivity index (χ4v) is 2.23. The molecule has 0 spiro atoms. The number of carbonyl (C=O) groups is 1. The van der Waals surface area contributed by atoms with Crippen molar-refractivity contribution in [2.24, 2.45) is 0 Å². The lowest BCUT2D eigenvalue weighted by atomic mass is 10.1. The minimum Gasteiger partial charge on any atom is -0.494 e. The first-order chi connectivity index (χ1) is 10.7. The van der Waals surface area contributed by atoms with Crippen molar-refractivity contribution in [1.82, 2.24) is 4.98 Å². The van der Waals surface area contributed by atoms with Crippen molar-refractivity contribution in [3.05, 3.63) is 59.5 Å². The number of nitrogens with zero attached hydrogens (tertiary/aromatic N) is 1. The Morgan fingerprint density at radius 1 is 1.23 bits per heavy atom. The Bertz CT molecular complexity index is 805. The zero-order valence-corrected chi connectivity index (χ0v) is 12.1. The van der Waals surface area contributed by atoms with Crippen LogP contribution in [0.1, 0.15) is 28.7 Å². The third-order valence-corrected chi connectivity index (χ3v) is 3.27. The molecule has 5 nitrogen and oxygen atoms in total. The summed E-state index contributed by atoms with van der Waals surface area (Å²) in [7, 11) is 0. The van der Waals surface area contributed by atoms with E-state index in [1.807, 2.05) is 31.2 Å². The van der Waals surface area contributed by atoms with Crippen LogP contribution in [0.15, 0.2) is 46.9 Å². The molecule has 1 heterocycles. The highest BCUT2D eigenvalue weighted by molar-refractivity contribution is 5.91. The molecule has 2 aromatic carbocycles. The Morgan fingerprint density at radius 2 is 2.00 bits per heavy atom. The minimum absolute atomic E-state index is 0.191. The molecule has 0 saturated heterocycles. The summed E-state index contributed by atoms with van der Waals surface area (Å²) >= 11 is 0. The summed E-state index contributed by atoms with van der Waals surface area (Å²) in [5.41, 5.74) is 2.39. The first kappa shape index (κ1) is 14.1. The van der Waals surface area contributed by atoms with Gasteiger partial charge in [0.15, 0.2) is 11.5 Å². The maximum absolute atomic E-state index is 11.0. The van der Waals surface area contributed by atoms with Gasteiger partial charge in [-0.05, 0) is 42.8 Å². The van der Waals surface area contributed by atoms with E-state index in [9.17, 15) is 4.79 Å². The first-order valence-corrected chi connectivity index (χ1v) is 7.00. The number of fused-ring (bicyclic) bond motifs is 1. The van der Waals surface area contributed by atoms with Crippen molar-refractivity contribution in [3.63, 3.8) is 0 Å². The average molecular weight is 297 g/mol. The predicted molar refractivity (Wildman–Crippen MR) is 81.4 cm³/mol. The Hall–Kier alpha value is -2.82. The lowest BCUT2D eigenvalue weighted by Gasteiger charge is -2.03. The lowest BCUT2D eigenvalue weighted by molar-refractivity contribution is 0.0697. The second-order valence-corrected chi connectivity index (χ2v) is 4.85. The fourth-order valence-electron chi connectivity index (χ4n) is 2.23. The fraction of sp³-hybridized carbons (Fsp3) is 0.176. The van der Waals surface area contributed by atoms with E-state index in [4.69, 9.17) is 14.3 Å². The van der Waals surface area contributed by atoms with Crippen LogP contribution in [0.25, 0.3) is 11.1 Å². The molecule has 1 aromatic heterocycles. The smallest absolute Gasteiger partial charge is 0.335 e. The van der Waals surface area contributed by atoms with Crippen molar-refractivity contribution in [2.45, 2.75) is 13.3 Å². The second-order valence-electron chi connectivity index (χ2n) is 4.85. The number of carboxylic acids is 1. The molecule has 0 radical (unpaired) electrons. The molecule has 0 amide bonds. The van der Waals surface area contributed by atoms with Gasteiger partial charge >= 0.3 is 5.97 Å². The molecular weight excluding hydrogens is 282 g/mol. The zero-order valence-electron chi connectivity index (χ0n) is 12.1. The van der Waals surface area contributed by atoms with Crippen molar-refractivity contribution >= 4 is 17.1 Å². The average Bonchev–Trinajstić information content (AvgIpc) is 2.90. The highest BCUT2D eigenvalue weighted by Gasteiger charge is 2.10. The van der Waals surface area contributed by atoms with Gasteiger partial charge in [0.2, 0.25) is 0 Å². The molecule has 0 unspecified atom stereocenters. The van der Waals surface area contributed by atoms with Crippen LogP contribution in [0.5, 0.6) is 5.75 Å². The highest BCUT2D eigenvalue weighted by Crippen LogP contribution is 2.20. The van der Waals surface area contributed by atoms with Gasteiger partial charge < -0.3 is 14.3 Å². The number of hydrogen-bond donors (Lipinski definition) is 1. The predicted octanol–water partition coefficient (Wildman–Crippen LogP) is 3.52. The third kappa shape index (κ3) is 2.93. The van der Waals surface area contributed by atoms with Gasteiger partial charge in [0.1, 0.15) is 11.3 Å². The quantitative estimate of drug-likeness (QED) is 0.780. The number of rotatable bonds is 5. The molecule has 22 heavy (non-hydrogen) atoms. The molecule has 112 valence electrons. The summed E-state index contributed by atoms with van der Waals surface area (Å²) in [4.78, 5) is 15.3. The van der Waals surface area contributed by atoms with Crippen LogP contribution in [0.2, 0.25) is 0 Å². The minimum atomic E-state index is -0.980. The summed E-state index contributed by atoms with van der Waals surface area (Å²) in [5.74, 6) is 0.406. The van der Waals surface area contributed by atoms with Crippen LogP contribution in [0.3, 0.4) is 0 Å². The van der Waals surface area contributed by atoms with Gasteiger partial charge in [0.25, 0.3) is 0 Å². The van der Waals surface area contributed by atoms with Gasteiger partial charge in [-0.15, -0.1) is 0 Å². The molecule has 0 atom stereocenters. The topological polar surface area (TPSA) is 72.6 Å². The lowest BCUT2D eigenvalue weighted by Crippen LogP contribution is -1.94. The van der Waals surface area contributed by atoms with Crippen LogP contribution >= 0.6 is 0 Å². The van der Waals surface area contributed by atoms with E-state index < -0.39 is 5.97 Å². The Kier molecular flexibility index (Phi) is 3.78. The van der Waals surface area contributed by atoms with Gasteiger partial charge in [-0.25, -0.2) is 9.78 Å². The van der Waals surface area contributed by atoms with E-state index in [2.05, 4.69) is 4.98 Å². The maximum Gasteiger partial charge on any atom is 0.335 e. The number of benzene rings is 2. The zero-order chi connectivity index (χ0) is 15.5. The Morgan fingerprint density at radius 3 is 2.68 bits per heavy atom. The van der Waals surface area contributed by atoms with Crippen LogP contribution in [-0.4, -0.2) is 22.7 Å². The number of aromatic carboxylic acids is 1. The normalized spacial score (nSPS) is 10.8. The summed E-state index contributed by atoms with van der Waals surface area (Å²) in [6, 6.07) is 12.4. The summed E-state index contributed by atoms with van der Waals surface area (Å²) < 4.78 is 11.0. The van der Waals surface area contributed by atoms with Crippen LogP contribution in [0, 0.1) is 0 Å². The van der Waals surface area contributed by atoms with Crippen molar-refractivity contribution < 1.29 is 19.1 Å². The molecule has 3 rings (SSSR count). The highest BCUT2D eigenvalue weighted by atomic mass is 16.5. The van der Waals surface area contributed by atoms with Crippen LogP contribution < -0.4 is 4.74 Å². The van der Waals surface area contributed by atoms with E-state index in [0.717, 1.165) is 11.3 Å². The van der Waals surface area contributed by atoms with Crippen LogP contribution in [-0.2, 0) is 6.42 Å². The van der Waals surface area contributed by atoms with Gasteiger partial charge in [0.05, 0.1) is 12.2 Å². The number of aromatic nitrogens is 1.